The van der Waals surface area contributed by atoms with E-state index in [1.165, 1.54) is 0 Å². The zero-order valence-corrected chi connectivity index (χ0v) is 11.1. The molecule has 6 heteroatoms. The number of hydrogen-bond donors (Lipinski definition) is 3. The molecule has 4 N–H and O–H groups in total. The summed E-state index contributed by atoms with van der Waals surface area (Å²) in [5.74, 6) is -3.38. The molecule has 0 aliphatic carbocycles. The number of primary amides is 1. The molecule has 0 spiro atoms. The molecule has 0 aromatic heterocycles. The van der Waals surface area contributed by atoms with E-state index in [9.17, 15) is 13.6 Å². The molecule has 0 saturated heterocycles. The number of phenolic OH excluding ortho intramolecular Hbond substituents is 1. The van der Waals surface area contributed by atoms with E-state index in [-0.39, 0.29) is 13.0 Å². The van der Waals surface area contributed by atoms with E-state index >= 15 is 0 Å². The second kappa shape index (κ2) is 6.21. The summed E-state index contributed by atoms with van der Waals surface area (Å²) in [4.78, 5) is 10.8. The highest BCUT2D eigenvalue weighted by Crippen LogP contribution is 2.22. The standard InChI is InChI=1S/C15H14F2N2O2/c16-12-5-10(6-13(17)15(12)21)8-19-11-3-1-9(2-4-11)7-14(18)20/h1-6,19,21H,7-8H2,(H2,18,20). The molecule has 21 heavy (non-hydrogen) atoms. The first-order valence-corrected chi connectivity index (χ1v) is 6.23. The van der Waals surface area contributed by atoms with Crippen molar-refractivity contribution in [2.24, 2.45) is 5.73 Å². The molecule has 1 amide bonds. The molecule has 2 aromatic rings. The molecule has 0 atom stereocenters. The van der Waals surface area contributed by atoms with Gasteiger partial charge in [0.25, 0.3) is 0 Å². The van der Waals surface area contributed by atoms with Crippen LogP contribution in [0.4, 0.5) is 14.5 Å². The van der Waals surface area contributed by atoms with Crippen LogP contribution in [0.3, 0.4) is 0 Å². The number of rotatable bonds is 5. The lowest BCUT2D eigenvalue weighted by molar-refractivity contribution is -0.117. The average Bonchev–Trinajstić information content (AvgIpc) is 2.43. The first-order valence-electron chi connectivity index (χ1n) is 6.23. The Kier molecular flexibility index (Phi) is 4.37. The van der Waals surface area contributed by atoms with Crippen LogP contribution < -0.4 is 11.1 Å². The maximum atomic E-state index is 13.2. The van der Waals surface area contributed by atoms with Crippen molar-refractivity contribution in [2.75, 3.05) is 5.32 Å². The van der Waals surface area contributed by atoms with Gasteiger partial charge >= 0.3 is 0 Å². The van der Waals surface area contributed by atoms with Gasteiger partial charge in [0.05, 0.1) is 6.42 Å². The van der Waals surface area contributed by atoms with Gasteiger partial charge in [0, 0.05) is 12.2 Å². The molecule has 0 aliphatic rings. The predicted molar refractivity (Wildman–Crippen MR) is 74.7 cm³/mol. The first kappa shape index (κ1) is 14.8. The summed E-state index contributed by atoms with van der Waals surface area (Å²) in [5.41, 5.74) is 6.98. The van der Waals surface area contributed by atoms with Gasteiger partial charge in [-0.2, -0.15) is 0 Å². The van der Waals surface area contributed by atoms with E-state index in [0.29, 0.717) is 5.56 Å². The highest BCUT2D eigenvalue weighted by Gasteiger charge is 2.09. The Morgan fingerprint density at radius 3 is 2.19 bits per heavy atom. The van der Waals surface area contributed by atoms with Crippen LogP contribution in [0.1, 0.15) is 11.1 Å². The van der Waals surface area contributed by atoms with Gasteiger partial charge in [-0.15, -0.1) is 0 Å². The topological polar surface area (TPSA) is 75.4 Å². The summed E-state index contributed by atoms with van der Waals surface area (Å²) in [6.45, 7) is 0.198. The van der Waals surface area contributed by atoms with E-state index in [1.807, 2.05) is 0 Å². The van der Waals surface area contributed by atoms with Gasteiger partial charge in [0.15, 0.2) is 17.4 Å². The van der Waals surface area contributed by atoms with Crippen LogP contribution in [-0.4, -0.2) is 11.0 Å². The van der Waals surface area contributed by atoms with Crippen LogP contribution in [-0.2, 0) is 17.8 Å². The van der Waals surface area contributed by atoms with Crippen molar-refractivity contribution in [3.63, 3.8) is 0 Å². The van der Waals surface area contributed by atoms with Crippen molar-refractivity contribution in [1.29, 1.82) is 0 Å². The quantitative estimate of drug-likeness (QED) is 0.791. The van der Waals surface area contributed by atoms with Crippen LogP contribution in [0, 0.1) is 11.6 Å². The van der Waals surface area contributed by atoms with Gasteiger partial charge in [-0.25, -0.2) is 8.78 Å². The minimum absolute atomic E-state index is 0.161. The lowest BCUT2D eigenvalue weighted by Crippen LogP contribution is -2.13. The molecule has 0 unspecified atom stereocenters. The van der Waals surface area contributed by atoms with Crippen molar-refractivity contribution < 1.29 is 18.7 Å². The van der Waals surface area contributed by atoms with Gasteiger partial charge < -0.3 is 16.2 Å². The molecule has 0 saturated carbocycles. The summed E-state index contributed by atoms with van der Waals surface area (Å²) >= 11 is 0. The first-order chi connectivity index (χ1) is 9.95. The van der Waals surface area contributed by atoms with Crippen molar-refractivity contribution in [2.45, 2.75) is 13.0 Å². The number of carbonyl (C=O) groups excluding carboxylic acids is 1. The number of anilines is 1. The Balaban J connectivity index is 2.01. The minimum atomic E-state index is -0.997. The number of amides is 1. The van der Waals surface area contributed by atoms with Gasteiger partial charge in [0.1, 0.15) is 0 Å². The van der Waals surface area contributed by atoms with E-state index in [0.717, 1.165) is 23.4 Å². The summed E-state index contributed by atoms with van der Waals surface area (Å²) in [5, 5.41) is 12.0. The molecular formula is C15H14F2N2O2. The summed E-state index contributed by atoms with van der Waals surface area (Å²) in [6, 6.07) is 9.09. The van der Waals surface area contributed by atoms with Gasteiger partial charge in [-0.05, 0) is 35.4 Å². The monoisotopic (exact) mass is 292 g/mol. The third kappa shape index (κ3) is 3.92. The maximum absolute atomic E-state index is 13.2. The number of nitrogens with one attached hydrogen (secondary N) is 1. The number of hydrogen-bond acceptors (Lipinski definition) is 3. The molecule has 2 aromatic carbocycles. The third-order valence-electron chi connectivity index (χ3n) is 2.91. The molecule has 0 bridgehead atoms. The molecule has 0 heterocycles. The van der Waals surface area contributed by atoms with Crippen LogP contribution in [0.15, 0.2) is 36.4 Å². The number of carbonyl (C=O) groups is 1. The molecule has 0 aliphatic heterocycles. The second-order valence-electron chi connectivity index (χ2n) is 4.60. The molecule has 110 valence electrons. The summed E-state index contributed by atoms with van der Waals surface area (Å²) in [7, 11) is 0. The maximum Gasteiger partial charge on any atom is 0.221 e. The summed E-state index contributed by atoms with van der Waals surface area (Å²) in [6.07, 6.45) is 0.161. The van der Waals surface area contributed by atoms with E-state index < -0.39 is 23.3 Å². The number of benzene rings is 2. The average molecular weight is 292 g/mol. The van der Waals surface area contributed by atoms with E-state index in [4.69, 9.17) is 10.8 Å². The highest BCUT2D eigenvalue weighted by atomic mass is 19.1. The van der Waals surface area contributed by atoms with Crippen molar-refractivity contribution >= 4 is 11.6 Å². The Labute approximate surface area is 120 Å². The number of aromatic hydroxyl groups is 1. The zero-order chi connectivity index (χ0) is 15.4. The highest BCUT2D eigenvalue weighted by molar-refractivity contribution is 5.76. The van der Waals surface area contributed by atoms with Gasteiger partial charge in [-0.1, -0.05) is 12.1 Å². The fourth-order valence-electron chi connectivity index (χ4n) is 1.87. The lowest BCUT2D eigenvalue weighted by atomic mass is 10.1. The molecule has 4 nitrogen and oxygen atoms in total. The SMILES string of the molecule is NC(=O)Cc1ccc(NCc2cc(F)c(O)c(F)c2)cc1. The van der Waals surface area contributed by atoms with E-state index in [2.05, 4.69) is 5.32 Å². The fraction of sp³-hybridized carbons (Fsp3) is 0.133. The molecule has 0 radical (unpaired) electrons. The minimum Gasteiger partial charge on any atom is -0.503 e. The van der Waals surface area contributed by atoms with Crippen LogP contribution in [0.25, 0.3) is 0 Å². The zero-order valence-electron chi connectivity index (χ0n) is 11.1. The lowest BCUT2D eigenvalue weighted by Gasteiger charge is -2.08. The Morgan fingerprint density at radius 1 is 1.10 bits per heavy atom. The van der Waals surface area contributed by atoms with Crippen molar-refractivity contribution in [3.05, 3.63) is 59.2 Å². The predicted octanol–water partition coefficient (Wildman–Crippen LogP) is 2.31. The number of phenols is 1. The van der Waals surface area contributed by atoms with Gasteiger partial charge in [0.2, 0.25) is 5.91 Å². The largest absolute Gasteiger partial charge is 0.503 e. The van der Waals surface area contributed by atoms with Gasteiger partial charge in [-0.3, -0.25) is 4.79 Å². The van der Waals surface area contributed by atoms with Crippen LogP contribution in [0.5, 0.6) is 5.75 Å². The Bertz CT molecular complexity index is 634. The molecule has 0 fully saturated rings. The van der Waals surface area contributed by atoms with Crippen LogP contribution >= 0.6 is 0 Å². The Hall–Kier alpha value is -2.63. The smallest absolute Gasteiger partial charge is 0.221 e. The third-order valence-corrected chi connectivity index (χ3v) is 2.91. The summed E-state index contributed by atoms with van der Waals surface area (Å²) < 4.78 is 26.4. The van der Waals surface area contributed by atoms with Crippen LogP contribution in [0.2, 0.25) is 0 Å². The molecular weight excluding hydrogens is 278 g/mol. The van der Waals surface area contributed by atoms with E-state index in [1.54, 1.807) is 24.3 Å². The Morgan fingerprint density at radius 2 is 1.67 bits per heavy atom. The molecule has 2 rings (SSSR count). The number of halogens is 2. The van der Waals surface area contributed by atoms with Crippen molar-refractivity contribution in [1.82, 2.24) is 0 Å². The normalized spacial score (nSPS) is 10.4. The van der Waals surface area contributed by atoms with Crippen molar-refractivity contribution in [3.8, 4) is 5.75 Å². The second-order valence-corrected chi connectivity index (χ2v) is 4.60. The fourth-order valence-corrected chi connectivity index (χ4v) is 1.87. The number of nitrogens with two attached hydrogens (primary N) is 1.